The third kappa shape index (κ3) is 24.0. The van der Waals surface area contributed by atoms with E-state index in [1.54, 1.807) is 6.20 Å². The predicted octanol–water partition coefficient (Wildman–Crippen LogP) is 15.0. The minimum absolute atomic E-state index is 0. The van der Waals surface area contributed by atoms with Crippen LogP contribution in [-0.2, 0) is 43.1 Å². The number of pyridine rings is 1. The Morgan fingerprint density at radius 2 is 0.675 bits per heavy atom. The fourth-order valence-electron chi connectivity index (χ4n) is 14.9. The number of rotatable bonds is 32. The van der Waals surface area contributed by atoms with E-state index >= 15 is 0 Å². The van der Waals surface area contributed by atoms with Crippen molar-refractivity contribution >= 4 is 91.0 Å². The van der Waals surface area contributed by atoms with Crippen LogP contribution in [0.5, 0.6) is 0 Å². The molecule has 13 aromatic rings. The maximum absolute atomic E-state index is 13.1. The van der Waals surface area contributed by atoms with Gasteiger partial charge in [-0.05, 0) is 159 Å². The number of fused-ring (bicyclic) bond motifs is 4. The number of carbonyl (C=O) groups is 4. The van der Waals surface area contributed by atoms with Gasteiger partial charge in [0.1, 0.15) is 77.1 Å². The lowest BCUT2D eigenvalue weighted by atomic mass is 10.1. The van der Waals surface area contributed by atoms with E-state index in [0.29, 0.717) is 109 Å². The van der Waals surface area contributed by atoms with Crippen molar-refractivity contribution in [3.05, 3.63) is 174 Å². The Balaban J connectivity index is 0.000000176. The molecule has 1 aliphatic heterocycles. The molecule has 126 heavy (non-hydrogen) atoms. The monoisotopic (exact) mass is 1710 g/mol. The molecule has 1 aliphatic rings. The summed E-state index contributed by atoms with van der Waals surface area (Å²) in [6, 6.07) is 36.4. The summed E-state index contributed by atoms with van der Waals surface area (Å²) in [5.74, 6) is 1.51. The maximum atomic E-state index is 13.1. The SMILES string of the molecule is C.CCCCC(=O)NCC(C)(C)n1nc(-c2ccc(C)cc2)c2c(N)ncnc21.CCCCCCC(=O)NCC(C)(C)n1nc(-c2ccc(C)cc2)c2c(N)ncnc21.Cc1ccc(-c2nn(C(C)(C)CNC(=O)CCCCCN)c3ncnc(N)c23)cc1.Cc1ccc(-c2nn(C(C)(C)CNC(=O)c3cc(CN4CCCCC4)ccn3)c3ncnc(N)c23)cc1. The quantitative estimate of drug-likeness (QED) is 0.0177. The van der Waals surface area contributed by atoms with E-state index in [1.807, 2.05) is 211 Å². The number of piperidine rings is 1. The van der Waals surface area contributed by atoms with Gasteiger partial charge in [-0.1, -0.05) is 179 Å². The van der Waals surface area contributed by atoms with Crippen LogP contribution in [0.3, 0.4) is 0 Å². The number of nitrogens with zero attached hydrogens (tertiary/aromatic N) is 18. The van der Waals surface area contributed by atoms with E-state index < -0.39 is 22.2 Å². The molecule has 0 unspecified atom stereocenters. The van der Waals surface area contributed by atoms with Crippen molar-refractivity contribution in [3.63, 3.8) is 0 Å². The first-order chi connectivity index (χ1) is 59.8. The highest BCUT2D eigenvalue weighted by Crippen LogP contribution is 2.38. The molecule has 0 spiro atoms. The summed E-state index contributed by atoms with van der Waals surface area (Å²) >= 11 is 0. The van der Waals surface area contributed by atoms with Gasteiger partial charge in [0.2, 0.25) is 17.7 Å². The van der Waals surface area contributed by atoms with E-state index in [0.717, 1.165) is 143 Å². The number of hydrogen-bond acceptors (Lipinski definition) is 23. The first-order valence-electron chi connectivity index (χ1n) is 43.5. The Bertz CT molecular complexity index is 5640. The number of aromatic nitrogens is 17. The second-order valence-electron chi connectivity index (χ2n) is 35.0. The van der Waals surface area contributed by atoms with Crippen molar-refractivity contribution < 1.29 is 19.2 Å². The Hall–Kier alpha value is -12.8. The van der Waals surface area contributed by atoms with E-state index in [1.165, 1.54) is 67.7 Å². The van der Waals surface area contributed by atoms with Crippen LogP contribution in [0.4, 0.5) is 23.3 Å². The van der Waals surface area contributed by atoms with Crippen LogP contribution in [0.1, 0.15) is 211 Å². The number of likely N-dealkylation sites (tertiary alicyclic amines) is 1. The third-order valence-electron chi connectivity index (χ3n) is 22.4. The number of benzene rings is 4. The highest BCUT2D eigenvalue weighted by atomic mass is 16.2. The Morgan fingerprint density at radius 3 is 0.984 bits per heavy atom. The largest absolute Gasteiger partial charge is 0.383 e. The fraction of sp³-hybridized carbons (Fsp3) is 0.442. The van der Waals surface area contributed by atoms with Gasteiger partial charge in [-0.2, -0.15) is 20.4 Å². The number of nitrogens with two attached hydrogens (primary N) is 5. The fourth-order valence-corrected chi connectivity index (χ4v) is 14.9. The number of nitrogens with one attached hydrogen (secondary N) is 4. The van der Waals surface area contributed by atoms with Crippen molar-refractivity contribution in [1.82, 2.24) is 110 Å². The van der Waals surface area contributed by atoms with E-state index in [9.17, 15) is 19.2 Å². The molecular weight excluding hydrogens is 1580 g/mol. The molecule has 1 fully saturated rings. The molecular formula is C95H129N27O4. The first kappa shape index (κ1) is 95.5. The zero-order valence-corrected chi connectivity index (χ0v) is 75.1. The van der Waals surface area contributed by atoms with Crippen molar-refractivity contribution in [3.8, 4) is 45.0 Å². The van der Waals surface area contributed by atoms with Gasteiger partial charge in [-0.25, -0.2) is 58.6 Å². The Kier molecular flexibility index (Phi) is 32.7. The average molecular weight is 1710 g/mol. The van der Waals surface area contributed by atoms with Crippen LogP contribution < -0.4 is 49.9 Å². The normalized spacial score (nSPS) is 12.5. The minimum atomic E-state index is -0.594. The highest BCUT2D eigenvalue weighted by Gasteiger charge is 2.34. The summed E-state index contributed by atoms with van der Waals surface area (Å²) in [6.07, 6.45) is 21.9. The molecule has 0 saturated carbocycles. The molecule has 0 bridgehead atoms. The first-order valence-corrected chi connectivity index (χ1v) is 43.5. The van der Waals surface area contributed by atoms with E-state index in [-0.39, 0.29) is 31.1 Å². The molecule has 14 rings (SSSR count). The molecule has 0 atom stereocenters. The standard InChI is InChI=1S/C28H34N8O.C23H32N6O.C22H31N7O.C21H28N6O.CH4/c1-19-7-9-21(10-8-19)24-23-25(29)32-18-33-26(23)36(34-24)28(2,3)17-31-27(37)22-15-20(11-12-30-22)16-35-13-5-4-6-14-35;1-5-6-7-8-9-18(30)25-14-23(3,4)29-22-19(21(24)26-15-27-22)20(28-29)17-12-10-16(2)11-13-17;1-15-8-10-16(11-9-15)19-18-20(24)26-14-27-21(18)29(28-19)22(2,3)13-25-17(30)7-5-4-6-12-23;1-5-6-7-16(28)23-12-21(3,4)27-20-17(19(22)24-13-25-20)18(26-27)15-10-8-14(2)9-11-15;/h7-12,15,18H,4-6,13-14,16-17H2,1-3H3,(H,31,37)(H2,29,32,33);10-13,15H,5-9,14H2,1-4H3,(H,25,30)(H2,24,26,27);8-11,14H,4-7,12-13,23H2,1-3H3,(H,25,30)(H2,24,26,27);8-11,13H,5-7,12H2,1-4H3,(H,23,28)(H2,22,24,25);1H4. The molecule has 31 heteroatoms. The summed E-state index contributed by atoms with van der Waals surface area (Å²) in [5.41, 5.74) is 43.9. The Labute approximate surface area is 739 Å². The molecule has 14 N–H and O–H groups in total. The lowest BCUT2D eigenvalue weighted by Crippen LogP contribution is -2.41. The van der Waals surface area contributed by atoms with Crippen LogP contribution in [0.25, 0.3) is 89.2 Å². The molecule has 31 nitrogen and oxygen atoms in total. The number of aryl methyl sites for hydroxylation is 4. The molecule has 10 heterocycles. The maximum Gasteiger partial charge on any atom is 0.269 e. The van der Waals surface area contributed by atoms with E-state index in [4.69, 9.17) is 49.1 Å². The van der Waals surface area contributed by atoms with Crippen molar-refractivity contribution in [2.75, 3.05) is 68.7 Å². The number of anilines is 4. The van der Waals surface area contributed by atoms with Crippen molar-refractivity contribution in [1.29, 1.82) is 0 Å². The molecule has 4 aromatic carbocycles. The molecule has 9 aromatic heterocycles. The summed E-state index contributed by atoms with van der Waals surface area (Å²) in [5, 5.41) is 34.5. The lowest BCUT2D eigenvalue weighted by molar-refractivity contribution is -0.122. The second kappa shape index (κ2) is 43.2. The lowest BCUT2D eigenvalue weighted by Gasteiger charge is -2.27. The van der Waals surface area contributed by atoms with Gasteiger partial charge in [-0.3, -0.25) is 29.1 Å². The summed E-state index contributed by atoms with van der Waals surface area (Å²) in [4.78, 5) is 91.0. The number of hydrogen-bond donors (Lipinski definition) is 9. The highest BCUT2D eigenvalue weighted by molar-refractivity contribution is 6.01. The summed E-state index contributed by atoms with van der Waals surface area (Å²) in [7, 11) is 0. The zero-order valence-electron chi connectivity index (χ0n) is 75.1. The van der Waals surface area contributed by atoms with Gasteiger partial charge in [0, 0.05) is 80.4 Å². The minimum Gasteiger partial charge on any atom is -0.383 e. The van der Waals surface area contributed by atoms with Gasteiger partial charge in [0.25, 0.3) is 5.91 Å². The van der Waals surface area contributed by atoms with Gasteiger partial charge in [0.05, 0.1) is 43.7 Å². The topological polar surface area (TPSA) is 437 Å². The van der Waals surface area contributed by atoms with Crippen LogP contribution in [0.15, 0.2) is 141 Å². The van der Waals surface area contributed by atoms with Crippen LogP contribution in [-0.4, -0.2) is 158 Å². The van der Waals surface area contributed by atoms with Gasteiger partial charge >= 0.3 is 0 Å². The van der Waals surface area contributed by atoms with Crippen molar-refractivity contribution in [2.45, 2.75) is 229 Å². The second-order valence-corrected chi connectivity index (χ2v) is 35.0. The molecule has 1 saturated heterocycles. The van der Waals surface area contributed by atoms with Crippen LogP contribution >= 0.6 is 0 Å². The third-order valence-corrected chi connectivity index (χ3v) is 22.4. The van der Waals surface area contributed by atoms with Gasteiger partial charge in [0.15, 0.2) is 22.6 Å². The number of amides is 4. The van der Waals surface area contributed by atoms with Crippen LogP contribution in [0, 0.1) is 27.7 Å². The van der Waals surface area contributed by atoms with Crippen molar-refractivity contribution in [2.24, 2.45) is 5.73 Å². The molecule has 0 aliphatic carbocycles. The number of nitrogen functional groups attached to an aromatic ring is 4. The summed E-state index contributed by atoms with van der Waals surface area (Å²) in [6.45, 7) is 34.0. The molecule has 668 valence electrons. The van der Waals surface area contributed by atoms with Crippen LogP contribution in [0.2, 0.25) is 0 Å². The van der Waals surface area contributed by atoms with E-state index in [2.05, 4.69) is 84.9 Å². The summed E-state index contributed by atoms with van der Waals surface area (Å²) < 4.78 is 7.36. The smallest absolute Gasteiger partial charge is 0.269 e. The van der Waals surface area contributed by atoms with Gasteiger partial charge < -0.3 is 49.9 Å². The molecule has 0 radical (unpaired) electrons. The number of unbranched alkanes of at least 4 members (excludes halogenated alkanes) is 6. The molecule has 4 amide bonds. The van der Waals surface area contributed by atoms with Gasteiger partial charge in [-0.15, -0.1) is 0 Å². The number of carbonyl (C=O) groups excluding carboxylic acids is 4. The zero-order chi connectivity index (χ0) is 89.8. The average Bonchev–Trinajstić information content (AvgIpc) is 1.62. The Morgan fingerprint density at radius 1 is 0.373 bits per heavy atom. The predicted molar refractivity (Wildman–Crippen MR) is 504 cm³/mol.